The first-order valence-electron chi connectivity index (χ1n) is 21.6. The van der Waals surface area contributed by atoms with Crippen LogP contribution in [0.4, 0.5) is 0 Å². The molecular formula is C43H84O5. The molecule has 0 aromatic rings. The molecule has 1 N–H and O–H groups in total. The second kappa shape index (κ2) is 40.3. The summed E-state index contributed by atoms with van der Waals surface area (Å²) in [6.45, 7) is 4.34. The summed E-state index contributed by atoms with van der Waals surface area (Å²) in [6, 6.07) is 0. The van der Waals surface area contributed by atoms with Gasteiger partial charge in [-0.2, -0.15) is 0 Å². The maximum atomic E-state index is 12.0. The largest absolute Gasteiger partial charge is 0.463 e. The molecule has 0 bridgehead atoms. The van der Waals surface area contributed by atoms with Gasteiger partial charge < -0.3 is 14.6 Å². The first kappa shape index (κ1) is 46.9. The van der Waals surface area contributed by atoms with E-state index in [0.717, 1.165) is 25.7 Å². The van der Waals surface area contributed by atoms with Crippen molar-refractivity contribution < 1.29 is 24.2 Å². The predicted octanol–water partition coefficient (Wildman–Crippen LogP) is 13.5. The van der Waals surface area contributed by atoms with Gasteiger partial charge in [-0.25, -0.2) is 0 Å². The highest BCUT2D eigenvalue weighted by Crippen LogP contribution is 2.16. The molecule has 0 radical (unpaired) electrons. The summed E-state index contributed by atoms with van der Waals surface area (Å²) < 4.78 is 10.4. The molecule has 0 saturated carbocycles. The van der Waals surface area contributed by atoms with Gasteiger partial charge in [0.1, 0.15) is 19.3 Å². The highest BCUT2D eigenvalue weighted by molar-refractivity contribution is 5.69. The maximum absolute atomic E-state index is 12.0. The van der Waals surface area contributed by atoms with Gasteiger partial charge in [-0.3, -0.25) is 9.59 Å². The van der Waals surface area contributed by atoms with Crippen molar-refractivity contribution in [3.05, 3.63) is 0 Å². The molecule has 286 valence electrons. The molecular weight excluding hydrogens is 596 g/mol. The highest BCUT2D eigenvalue weighted by atomic mass is 16.6. The molecule has 0 unspecified atom stereocenters. The number of carbonyl (C=O) groups excluding carboxylic acids is 2. The number of carbonyl (C=O) groups is 2. The Morgan fingerprint density at radius 1 is 0.354 bits per heavy atom. The molecule has 0 spiro atoms. The Kier molecular flexibility index (Phi) is 39.4. The molecule has 0 aromatic heterocycles. The summed E-state index contributed by atoms with van der Waals surface area (Å²) in [5.41, 5.74) is 0. The molecule has 0 saturated heterocycles. The number of esters is 2. The average molecular weight is 681 g/mol. The van der Waals surface area contributed by atoms with E-state index in [1.165, 1.54) is 193 Å². The van der Waals surface area contributed by atoms with Gasteiger partial charge in [-0.1, -0.05) is 219 Å². The van der Waals surface area contributed by atoms with Crippen LogP contribution >= 0.6 is 0 Å². The average Bonchev–Trinajstić information content (AvgIpc) is 3.09. The Morgan fingerprint density at radius 3 is 0.750 bits per heavy atom. The molecule has 0 fully saturated rings. The molecule has 0 aliphatic heterocycles. The summed E-state index contributed by atoms with van der Waals surface area (Å²) in [5, 5.41) is 10.0. The van der Waals surface area contributed by atoms with Crippen LogP contribution in [0.25, 0.3) is 0 Å². The number of hydrogen-bond donors (Lipinski definition) is 1. The minimum absolute atomic E-state index is 0.107. The van der Waals surface area contributed by atoms with E-state index >= 15 is 0 Å². The van der Waals surface area contributed by atoms with Gasteiger partial charge in [-0.15, -0.1) is 0 Å². The van der Waals surface area contributed by atoms with E-state index in [2.05, 4.69) is 13.8 Å². The maximum Gasteiger partial charge on any atom is 0.305 e. The van der Waals surface area contributed by atoms with Gasteiger partial charge >= 0.3 is 11.9 Å². The molecule has 0 aliphatic carbocycles. The number of aliphatic hydroxyl groups excluding tert-OH is 1. The number of unbranched alkanes of at least 4 members (excludes halogenated alkanes) is 32. The molecule has 5 heteroatoms. The summed E-state index contributed by atoms with van der Waals surface area (Å²) in [6.07, 6.45) is 44.5. The second-order valence-electron chi connectivity index (χ2n) is 14.8. The summed E-state index contributed by atoms with van der Waals surface area (Å²) >= 11 is 0. The molecule has 0 amide bonds. The number of aliphatic hydroxyl groups is 1. The van der Waals surface area contributed by atoms with E-state index < -0.39 is 6.10 Å². The zero-order valence-corrected chi connectivity index (χ0v) is 32.5. The number of ether oxygens (including phenoxy) is 2. The van der Waals surface area contributed by atoms with Crippen LogP contribution in [-0.4, -0.2) is 36.4 Å². The van der Waals surface area contributed by atoms with Crippen molar-refractivity contribution in [2.45, 2.75) is 251 Å². The Morgan fingerprint density at radius 2 is 0.542 bits per heavy atom. The Labute approximate surface area is 299 Å². The fraction of sp³-hybridized carbons (Fsp3) is 0.953. The molecule has 1 atom stereocenters. The van der Waals surface area contributed by atoms with Gasteiger partial charge in [0, 0.05) is 12.8 Å². The van der Waals surface area contributed by atoms with E-state index in [-0.39, 0.29) is 25.2 Å². The first-order chi connectivity index (χ1) is 23.6. The lowest BCUT2D eigenvalue weighted by Gasteiger charge is -2.12. The Hall–Kier alpha value is -1.10. The standard InChI is InChI=1S/C43H84O5/c1-3-5-7-9-11-13-15-17-19-21-22-24-26-28-30-32-34-36-38-43(46)48-40-41(44)39-47-42(45)37-35-33-31-29-27-25-23-20-18-16-14-12-10-8-6-4-2/h41,44H,3-40H2,1-2H3/t41-/m1/s1. The van der Waals surface area contributed by atoms with Crippen LogP contribution in [0.2, 0.25) is 0 Å². The van der Waals surface area contributed by atoms with E-state index in [1.807, 2.05) is 0 Å². The van der Waals surface area contributed by atoms with Crippen LogP contribution in [0.5, 0.6) is 0 Å². The van der Waals surface area contributed by atoms with E-state index in [9.17, 15) is 14.7 Å². The van der Waals surface area contributed by atoms with Gasteiger partial charge in [-0.05, 0) is 12.8 Å². The van der Waals surface area contributed by atoms with Gasteiger partial charge in [0.05, 0.1) is 0 Å². The third-order valence-corrected chi connectivity index (χ3v) is 9.84. The van der Waals surface area contributed by atoms with Crippen LogP contribution in [-0.2, 0) is 19.1 Å². The molecule has 48 heavy (non-hydrogen) atoms. The summed E-state index contributed by atoms with van der Waals surface area (Å²) in [4.78, 5) is 24.0. The topological polar surface area (TPSA) is 72.8 Å². The van der Waals surface area contributed by atoms with Crippen molar-refractivity contribution in [2.75, 3.05) is 13.2 Å². The molecule has 0 rings (SSSR count). The van der Waals surface area contributed by atoms with Crippen LogP contribution < -0.4 is 0 Å². The molecule has 0 aliphatic rings. The first-order valence-corrected chi connectivity index (χ1v) is 21.6. The summed E-state index contributed by atoms with van der Waals surface area (Å²) in [5.74, 6) is -0.547. The fourth-order valence-corrected chi connectivity index (χ4v) is 6.56. The van der Waals surface area contributed by atoms with Crippen LogP contribution in [0.3, 0.4) is 0 Å². The zero-order valence-electron chi connectivity index (χ0n) is 32.5. The van der Waals surface area contributed by atoms with Crippen molar-refractivity contribution in [2.24, 2.45) is 0 Å². The minimum atomic E-state index is -0.955. The smallest absolute Gasteiger partial charge is 0.305 e. The predicted molar refractivity (Wildman–Crippen MR) is 205 cm³/mol. The van der Waals surface area contributed by atoms with Crippen molar-refractivity contribution in [3.63, 3.8) is 0 Å². The molecule has 0 aromatic carbocycles. The summed E-state index contributed by atoms with van der Waals surface area (Å²) in [7, 11) is 0. The lowest BCUT2D eigenvalue weighted by Crippen LogP contribution is -2.25. The van der Waals surface area contributed by atoms with Gasteiger partial charge in [0.25, 0.3) is 0 Å². The Bertz CT molecular complexity index is 651. The SMILES string of the molecule is CCCCCCCCCCCCCCCCCCCCC(=O)OC[C@H](O)COC(=O)CCCCCCCCCCCCCCCCCC. The van der Waals surface area contributed by atoms with Gasteiger partial charge in [0.2, 0.25) is 0 Å². The van der Waals surface area contributed by atoms with Crippen molar-refractivity contribution >= 4 is 11.9 Å². The quantitative estimate of drug-likeness (QED) is 0.0515. The van der Waals surface area contributed by atoms with Crippen molar-refractivity contribution in [1.82, 2.24) is 0 Å². The third kappa shape index (κ3) is 39.3. The normalized spacial score (nSPS) is 12.0. The Balaban J connectivity index is 3.35. The number of hydrogen-bond acceptors (Lipinski definition) is 5. The van der Waals surface area contributed by atoms with Crippen LogP contribution in [0.1, 0.15) is 245 Å². The molecule has 0 heterocycles. The van der Waals surface area contributed by atoms with Crippen molar-refractivity contribution in [3.8, 4) is 0 Å². The van der Waals surface area contributed by atoms with E-state index in [0.29, 0.717) is 12.8 Å². The molecule has 5 nitrogen and oxygen atoms in total. The zero-order chi connectivity index (χ0) is 35.0. The van der Waals surface area contributed by atoms with Crippen LogP contribution in [0, 0.1) is 0 Å². The fourth-order valence-electron chi connectivity index (χ4n) is 6.56. The highest BCUT2D eigenvalue weighted by Gasteiger charge is 2.12. The lowest BCUT2D eigenvalue weighted by atomic mass is 10.0. The second-order valence-corrected chi connectivity index (χ2v) is 14.8. The van der Waals surface area contributed by atoms with E-state index in [1.54, 1.807) is 0 Å². The van der Waals surface area contributed by atoms with Gasteiger partial charge in [0.15, 0.2) is 0 Å². The minimum Gasteiger partial charge on any atom is -0.463 e. The van der Waals surface area contributed by atoms with E-state index in [4.69, 9.17) is 9.47 Å². The van der Waals surface area contributed by atoms with Crippen molar-refractivity contribution in [1.29, 1.82) is 0 Å². The third-order valence-electron chi connectivity index (χ3n) is 9.84. The monoisotopic (exact) mass is 681 g/mol. The van der Waals surface area contributed by atoms with Crippen LogP contribution in [0.15, 0.2) is 0 Å². The number of rotatable bonds is 40. The lowest BCUT2D eigenvalue weighted by molar-refractivity contribution is -0.152.